The van der Waals surface area contributed by atoms with Crippen molar-refractivity contribution in [3.8, 4) is 5.75 Å². The Labute approximate surface area is 181 Å². The largest absolute Gasteiger partial charge is 0.508 e. The zero-order chi connectivity index (χ0) is 22.8. The van der Waals surface area contributed by atoms with E-state index < -0.39 is 0 Å². The van der Waals surface area contributed by atoms with Crippen LogP contribution in [0.15, 0.2) is 73.1 Å². The molecule has 4 nitrogen and oxygen atoms in total. The van der Waals surface area contributed by atoms with Gasteiger partial charge in [0.05, 0.1) is 6.42 Å². The number of allylic oxidation sites excluding steroid dienone is 4. The van der Waals surface area contributed by atoms with Crippen molar-refractivity contribution in [2.75, 3.05) is 12.4 Å². The lowest BCUT2D eigenvalue weighted by molar-refractivity contribution is -0.115. The van der Waals surface area contributed by atoms with Crippen LogP contribution in [0.2, 0.25) is 0 Å². The average Bonchev–Trinajstić information content (AvgIpc) is 2.70. The molecule has 0 aliphatic heterocycles. The number of nitrogens with one attached hydrogen (secondary N) is 1. The Morgan fingerprint density at radius 2 is 1.70 bits per heavy atom. The summed E-state index contributed by atoms with van der Waals surface area (Å²) in [5, 5.41) is 12.1. The number of aromatic hydroxyl groups is 1. The van der Waals surface area contributed by atoms with Crippen molar-refractivity contribution >= 4 is 17.2 Å². The summed E-state index contributed by atoms with van der Waals surface area (Å²) in [5.41, 5.74) is 7.07. The Morgan fingerprint density at radius 3 is 2.13 bits per heavy atom. The van der Waals surface area contributed by atoms with Crippen molar-refractivity contribution in [3.63, 3.8) is 0 Å². The van der Waals surface area contributed by atoms with Gasteiger partial charge in [-0.3, -0.25) is 4.79 Å². The summed E-state index contributed by atoms with van der Waals surface area (Å²) in [7, 11) is 2.01. The number of nitrogens with zero attached hydrogens (tertiary/aromatic N) is 1. The Morgan fingerprint density at radius 1 is 1.10 bits per heavy atom. The number of rotatable bonds is 6. The number of amides is 1. The Hall–Kier alpha value is -3.27. The van der Waals surface area contributed by atoms with Crippen LogP contribution in [-0.4, -0.2) is 23.0 Å². The van der Waals surface area contributed by atoms with Crippen LogP contribution < -0.4 is 5.32 Å². The number of carbonyl (C=O) groups excluding carboxylic acids is 1. The third-order valence-corrected chi connectivity index (χ3v) is 4.81. The first-order chi connectivity index (χ1) is 14.0. The molecule has 0 radical (unpaired) electrons. The molecule has 0 aliphatic carbocycles. The number of aryl methyl sites for hydroxylation is 1. The van der Waals surface area contributed by atoms with Gasteiger partial charge in [0.25, 0.3) is 0 Å². The summed E-state index contributed by atoms with van der Waals surface area (Å²) in [6.07, 6.45) is 2.34. The number of phenolic OH excluding ortho intramolecular Hbond substituents is 1. The molecular formula is C26H34N2O2. The molecule has 0 spiro atoms. The molecule has 0 saturated heterocycles. The van der Waals surface area contributed by atoms with E-state index in [0.29, 0.717) is 0 Å². The number of hydrogen-bond acceptors (Lipinski definition) is 3. The van der Waals surface area contributed by atoms with Gasteiger partial charge in [0.15, 0.2) is 0 Å². The number of hydrogen-bond donors (Lipinski definition) is 2. The minimum atomic E-state index is -0.0770. The van der Waals surface area contributed by atoms with Crippen molar-refractivity contribution in [2.45, 2.75) is 41.0 Å². The molecule has 2 aromatic carbocycles. The zero-order valence-electron chi connectivity index (χ0n) is 19.0. The van der Waals surface area contributed by atoms with Gasteiger partial charge in [-0.25, -0.2) is 0 Å². The molecule has 0 unspecified atom stereocenters. The molecule has 2 rings (SSSR count). The highest BCUT2D eigenvalue weighted by Gasteiger charge is 2.07. The van der Waals surface area contributed by atoms with Gasteiger partial charge in [-0.2, -0.15) is 0 Å². The highest BCUT2D eigenvalue weighted by atomic mass is 16.3. The van der Waals surface area contributed by atoms with E-state index in [2.05, 4.69) is 36.4 Å². The summed E-state index contributed by atoms with van der Waals surface area (Å²) in [6, 6.07) is 12.5. The van der Waals surface area contributed by atoms with Gasteiger partial charge in [-0.15, -0.1) is 0 Å². The molecule has 30 heavy (non-hydrogen) atoms. The van der Waals surface area contributed by atoms with Crippen molar-refractivity contribution in [2.24, 2.45) is 0 Å². The highest BCUT2D eigenvalue weighted by Crippen LogP contribution is 2.21. The predicted octanol–water partition coefficient (Wildman–Crippen LogP) is 6.29. The van der Waals surface area contributed by atoms with E-state index in [1.165, 1.54) is 5.70 Å². The second-order valence-electron chi connectivity index (χ2n) is 7.43. The van der Waals surface area contributed by atoms with Crippen LogP contribution in [0.5, 0.6) is 5.75 Å². The molecule has 0 saturated carbocycles. The molecule has 2 N–H and O–H groups in total. The quantitative estimate of drug-likeness (QED) is 0.593. The number of carbonyl (C=O) groups is 1. The topological polar surface area (TPSA) is 52.6 Å². The number of anilines is 1. The monoisotopic (exact) mass is 406 g/mol. The van der Waals surface area contributed by atoms with Gasteiger partial charge in [0.1, 0.15) is 5.75 Å². The first-order valence-corrected chi connectivity index (χ1v) is 9.91. The zero-order valence-corrected chi connectivity index (χ0v) is 19.0. The minimum absolute atomic E-state index is 0.0770. The standard InChI is InChI=1S/C18H19NO2.C8H15N/c1-12(2)15-6-9-17(13(3)10-15)19-18(21)11-14-4-7-16(20)8-5-14;1-6-8(4)9(5)7(2)3/h4-10,20H,1,11H2,2-3H3,(H,19,21);6H,2H2,1,3-5H3/b;8-6-. The summed E-state index contributed by atoms with van der Waals surface area (Å²) in [5.74, 6) is 0.122. The number of phenols is 1. The maximum atomic E-state index is 12.0. The van der Waals surface area contributed by atoms with Crippen LogP contribution in [-0.2, 0) is 11.2 Å². The molecule has 2 aromatic rings. The van der Waals surface area contributed by atoms with E-state index >= 15 is 0 Å². The molecule has 0 aromatic heterocycles. The third-order valence-electron chi connectivity index (χ3n) is 4.81. The van der Waals surface area contributed by atoms with Crippen molar-refractivity contribution in [1.82, 2.24) is 4.90 Å². The third kappa shape index (κ3) is 8.00. The van der Waals surface area contributed by atoms with Gasteiger partial charge in [-0.1, -0.05) is 43.0 Å². The average molecular weight is 407 g/mol. The van der Waals surface area contributed by atoms with Crippen LogP contribution in [0.1, 0.15) is 44.4 Å². The normalized spacial score (nSPS) is 10.5. The maximum Gasteiger partial charge on any atom is 0.228 e. The second kappa shape index (κ2) is 11.7. The Kier molecular flexibility index (Phi) is 9.63. The lowest BCUT2D eigenvalue weighted by Crippen LogP contribution is -2.15. The Balaban J connectivity index is 0.000000424. The molecule has 4 heteroatoms. The van der Waals surface area contributed by atoms with Crippen LogP contribution in [0.3, 0.4) is 0 Å². The van der Waals surface area contributed by atoms with E-state index in [-0.39, 0.29) is 18.1 Å². The van der Waals surface area contributed by atoms with Gasteiger partial charge >= 0.3 is 0 Å². The first kappa shape index (κ1) is 24.8. The van der Waals surface area contributed by atoms with Gasteiger partial charge in [0.2, 0.25) is 5.91 Å². The molecule has 0 aliphatic rings. The van der Waals surface area contributed by atoms with Crippen molar-refractivity contribution in [1.29, 1.82) is 0 Å². The van der Waals surface area contributed by atoms with Crippen molar-refractivity contribution in [3.05, 3.63) is 89.8 Å². The van der Waals surface area contributed by atoms with Gasteiger partial charge in [-0.05, 0) is 75.6 Å². The van der Waals surface area contributed by atoms with Crippen molar-refractivity contribution < 1.29 is 9.90 Å². The Bertz CT molecular complexity index is 925. The second-order valence-corrected chi connectivity index (χ2v) is 7.43. The van der Waals surface area contributed by atoms with E-state index in [9.17, 15) is 9.90 Å². The summed E-state index contributed by atoms with van der Waals surface area (Å²) in [4.78, 5) is 14.1. The fourth-order valence-electron chi connectivity index (χ4n) is 2.56. The minimum Gasteiger partial charge on any atom is -0.508 e. The van der Waals surface area contributed by atoms with Crippen LogP contribution >= 0.6 is 0 Å². The van der Waals surface area contributed by atoms with Crippen LogP contribution in [0.4, 0.5) is 5.69 Å². The van der Waals surface area contributed by atoms with Crippen LogP contribution in [0.25, 0.3) is 5.57 Å². The predicted molar refractivity (Wildman–Crippen MR) is 128 cm³/mol. The van der Waals surface area contributed by atoms with E-state index in [4.69, 9.17) is 0 Å². The fraction of sp³-hybridized carbons (Fsp3) is 0.269. The summed E-state index contributed by atoms with van der Waals surface area (Å²) in [6.45, 7) is 17.7. The lowest BCUT2D eigenvalue weighted by atomic mass is 10.0. The summed E-state index contributed by atoms with van der Waals surface area (Å²) < 4.78 is 0. The SMILES string of the molecule is C=C(C)N(C)/C(C)=C\C.C=C(C)c1ccc(NC(=O)Cc2ccc(O)cc2)c(C)c1. The maximum absolute atomic E-state index is 12.0. The van der Waals surface area contributed by atoms with E-state index in [0.717, 1.165) is 33.6 Å². The molecule has 0 bridgehead atoms. The highest BCUT2D eigenvalue weighted by molar-refractivity contribution is 5.93. The molecule has 0 atom stereocenters. The van der Waals surface area contributed by atoms with Crippen LogP contribution in [0, 0.1) is 6.92 Å². The molecule has 0 fully saturated rings. The fourth-order valence-corrected chi connectivity index (χ4v) is 2.56. The van der Waals surface area contributed by atoms with E-state index in [1.807, 2.05) is 52.9 Å². The number of benzene rings is 2. The molecule has 160 valence electrons. The molecular weight excluding hydrogens is 372 g/mol. The van der Waals surface area contributed by atoms with Gasteiger partial charge < -0.3 is 15.3 Å². The lowest BCUT2D eigenvalue weighted by Gasteiger charge is -2.18. The smallest absolute Gasteiger partial charge is 0.228 e. The molecule has 1 amide bonds. The van der Waals surface area contributed by atoms with E-state index in [1.54, 1.807) is 24.3 Å². The van der Waals surface area contributed by atoms with Gasteiger partial charge in [0, 0.05) is 24.1 Å². The first-order valence-electron chi connectivity index (χ1n) is 9.91. The molecule has 0 heterocycles. The summed E-state index contributed by atoms with van der Waals surface area (Å²) >= 11 is 0.